The van der Waals surface area contributed by atoms with E-state index in [9.17, 15) is 9.90 Å². The predicted octanol–water partition coefficient (Wildman–Crippen LogP) is 3.38. The third kappa shape index (κ3) is 2.17. The quantitative estimate of drug-likeness (QED) is 0.887. The molecule has 0 aliphatic heterocycles. The number of fused-ring (bicyclic) bond motifs is 1. The Labute approximate surface area is 112 Å². The van der Waals surface area contributed by atoms with Crippen molar-refractivity contribution >= 4 is 11.5 Å². The van der Waals surface area contributed by atoms with Gasteiger partial charge in [-0.1, -0.05) is 60.7 Å². The Morgan fingerprint density at radius 3 is 2.42 bits per heavy atom. The molecule has 2 nitrogen and oxygen atoms in total. The van der Waals surface area contributed by atoms with Crippen molar-refractivity contribution in [1.82, 2.24) is 0 Å². The highest BCUT2D eigenvalue weighted by molar-refractivity contribution is 5.87. The Balaban J connectivity index is 2.16. The van der Waals surface area contributed by atoms with Crippen molar-refractivity contribution in [3.63, 3.8) is 0 Å². The fourth-order valence-electron chi connectivity index (χ4n) is 2.58. The molecule has 0 heterocycles. The molecule has 0 saturated carbocycles. The van der Waals surface area contributed by atoms with E-state index in [2.05, 4.69) is 6.07 Å². The third-order valence-electron chi connectivity index (χ3n) is 3.52. The maximum Gasteiger partial charge on any atom is 0.310 e. The average Bonchev–Trinajstić information content (AvgIpc) is 2.47. The molecule has 0 fully saturated rings. The van der Waals surface area contributed by atoms with Gasteiger partial charge in [-0.2, -0.15) is 0 Å². The zero-order valence-corrected chi connectivity index (χ0v) is 10.4. The molecule has 0 saturated heterocycles. The van der Waals surface area contributed by atoms with Gasteiger partial charge in [0.2, 0.25) is 0 Å². The molecule has 2 aromatic carbocycles. The van der Waals surface area contributed by atoms with Crippen LogP contribution in [0.1, 0.15) is 16.7 Å². The van der Waals surface area contributed by atoms with Gasteiger partial charge in [-0.25, -0.2) is 0 Å². The molecule has 3 rings (SSSR count). The zero-order valence-electron chi connectivity index (χ0n) is 10.4. The Hall–Kier alpha value is -2.35. The van der Waals surface area contributed by atoms with E-state index >= 15 is 0 Å². The zero-order chi connectivity index (χ0) is 13.2. The molecule has 0 spiro atoms. The summed E-state index contributed by atoms with van der Waals surface area (Å²) in [5.74, 6) is -1.20. The summed E-state index contributed by atoms with van der Waals surface area (Å²) in [5.41, 5.74) is 4.35. The van der Waals surface area contributed by atoms with Crippen molar-refractivity contribution in [2.24, 2.45) is 5.92 Å². The molecule has 2 aromatic rings. The number of carboxylic acid groups (broad SMARTS) is 1. The van der Waals surface area contributed by atoms with Crippen LogP contribution in [-0.2, 0) is 11.2 Å². The summed E-state index contributed by atoms with van der Waals surface area (Å²) in [7, 11) is 0. The van der Waals surface area contributed by atoms with Crippen molar-refractivity contribution in [2.75, 3.05) is 0 Å². The number of benzene rings is 2. The lowest BCUT2D eigenvalue weighted by Gasteiger charge is -2.22. The van der Waals surface area contributed by atoms with Gasteiger partial charge in [0, 0.05) is 0 Å². The lowest BCUT2D eigenvalue weighted by atomic mass is 9.82. The van der Waals surface area contributed by atoms with Crippen molar-refractivity contribution in [2.45, 2.75) is 6.42 Å². The largest absolute Gasteiger partial charge is 0.481 e. The van der Waals surface area contributed by atoms with E-state index in [1.54, 1.807) is 0 Å². The Kier molecular flexibility index (Phi) is 2.92. The second-order valence-corrected chi connectivity index (χ2v) is 4.75. The van der Waals surface area contributed by atoms with E-state index in [4.69, 9.17) is 0 Å². The van der Waals surface area contributed by atoms with Gasteiger partial charge in [0.25, 0.3) is 0 Å². The fraction of sp³-hybridized carbons (Fsp3) is 0.118. The summed E-state index contributed by atoms with van der Waals surface area (Å²) in [4.78, 5) is 11.3. The molecular formula is C17H14O2. The molecule has 1 N–H and O–H groups in total. The first-order valence-electron chi connectivity index (χ1n) is 6.34. The van der Waals surface area contributed by atoms with Crippen LogP contribution in [-0.4, -0.2) is 11.1 Å². The predicted molar refractivity (Wildman–Crippen MR) is 74.8 cm³/mol. The molecule has 1 aliphatic rings. The van der Waals surface area contributed by atoms with Crippen LogP contribution < -0.4 is 0 Å². The van der Waals surface area contributed by atoms with Gasteiger partial charge in [-0.3, -0.25) is 4.79 Å². The Morgan fingerprint density at radius 1 is 1.00 bits per heavy atom. The first-order valence-corrected chi connectivity index (χ1v) is 6.34. The normalized spacial score (nSPS) is 17.5. The van der Waals surface area contributed by atoms with Crippen molar-refractivity contribution in [3.8, 4) is 0 Å². The molecule has 1 atom stereocenters. The summed E-state index contributed by atoms with van der Waals surface area (Å²) in [6, 6.07) is 18.0. The lowest BCUT2D eigenvalue weighted by molar-refractivity contribution is -0.140. The molecule has 1 unspecified atom stereocenters. The second-order valence-electron chi connectivity index (χ2n) is 4.75. The molecule has 2 heteroatoms. The van der Waals surface area contributed by atoms with Gasteiger partial charge in [0.15, 0.2) is 0 Å². The molecule has 1 aliphatic carbocycles. The smallest absolute Gasteiger partial charge is 0.310 e. The molecule has 94 valence electrons. The van der Waals surface area contributed by atoms with E-state index in [-0.39, 0.29) is 0 Å². The van der Waals surface area contributed by atoms with Crippen LogP contribution >= 0.6 is 0 Å². The number of rotatable bonds is 2. The van der Waals surface area contributed by atoms with Crippen molar-refractivity contribution in [1.29, 1.82) is 0 Å². The van der Waals surface area contributed by atoms with Crippen LogP contribution in [0, 0.1) is 5.92 Å². The van der Waals surface area contributed by atoms with Gasteiger partial charge >= 0.3 is 5.97 Å². The van der Waals surface area contributed by atoms with Crippen molar-refractivity contribution < 1.29 is 9.90 Å². The van der Waals surface area contributed by atoms with Crippen LogP contribution in [0.2, 0.25) is 0 Å². The second kappa shape index (κ2) is 4.73. The number of aliphatic carboxylic acids is 1. The van der Waals surface area contributed by atoms with Crippen molar-refractivity contribution in [3.05, 3.63) is 77.4 Å². The molecule has 0 aromatic heterocycles. The Morgan fingerprint density at radius 2 is 1.68 bits per heavy atom. The highest BCUT2D eigenvalue weighted by atomic mass is 16.4. The fourth-order valence-corrected chi connectivity index (χ4v) is 2.58. The monoisotopic (exact) mass is 250 g/mol. The highest BCUT2D eigenvalue weighted by Crippen LogP contribution is 2.33. The SMILES string of the molecule is O=C(O)C1C=C(c2ccccc2)c2ccccc2C1. The lowest BCUT2D eigenvalue weighted by Crippen LogP contribution is -2.19. The number of hydrogen-bond donors (Lipinski definition) is 1. The van der Waals surface area contributed by atoms with E-state index in [1.807, 2.05) is 54.6 Å². The minimum atomic E-state index is -0.761. The van der Waals surface area contributed by atoms with E-state index < -0.39 is 11.9 Å². The maximum absolute atomic E-state index is 11.3. The summed E-state index contributed by atoms with van der Waals surface area (Å²) < 4.78 is 0. The van der Waals surface area contributed by atoms with Crippen LogP contribution in [0.3, 0.4) is 0 Å². The molecule has 0 bridgehead atoms. The first kappa shape index (κ1) is 11.7. The molecule has 19 heavy (non-hydrogen) atoms. The average molecular weight is 250 g/mol. The molecule has 0 amide bonds. The highest BCUT2D eigenvalue weighted by Gasteiger charge is 2.24. The minimum Gasteiger partial charge on any atom is -0.481 e. The summed E-state index contributed by atoms with van der Waals surface area (Å²) in [6.07, 6.45) is 2.45. The summed E-state index contributed by atoms with van der Waals surface area (Å²) in [6.45, 7) is 0. The summed E-state index contributed by atoms with van der Waals surface area (Å²) in [5, 5.41) is 9.28. The molecule has 0 radical (unpaired) electrons. The third-order valence-corrected chi connectivity index (χ3v) is 3.52. The van der Waals surface area contributed by atoms with Crippen LogP contribution in [0.4, 0.5) is 0 Å². The minimum absolute atomic E-state index is 0.440. The summed E-state index contributed by atoms with van der Waals surface area (Å²) >= 11 is 0. The van der Waals surface area contributed by atoms with Gasteiger partial charge in [0.05, 0.1) is 5.92 Å². The van der Waals surface area contributed by atoms with E-state index in [0.717, 1.165) is 22.3 Å². The van der Waals surface area contributed by atoms with E-state index in [1.165, 1.54) is 0 Å². The van der Waals surface area contributed by atoms with Crippen LogP contribution in [0.25, 0.3) is 5.57 Å². The topological polar surface area (TPSA) is 37.3 Å². The van der Waals surface area contributed by atoms with Crippen LogP contribution in [0.5, 0.6) is 0 Å². The number of carbonyl (C=O) groups is 1. The molecular weight excluding hydrogens is 236 g/mol. The maximum atomic E-state index is 11.3. The Bertz CT molecular complexity index is 641. The van der Waals surface area contributed by atoms with E-state index in [0.29, 0.717) is 6.42 Å². The van der Waals surface area contributed by atoms with Gasteiger partial charge in [-0.05, 0) is 28.7 Å². The first-order chi connectivity index (χ1) is 9.25. The number of carboxylic acids is 1. The van der Waals surface area contributed by atoms with Crippen LogP contribution in [0.15, 0.2) is 60.7 Å². The van der Waals surface area contributed by atoms with Gasteiger partial charge in [0.1, 0.15) is 0 Å². The number of hydrogen-bond acceptors (Lipinski definition) is 1. The van der Waals surface area contributed by atoms with Gasteiger partial charge < -0.3 is 5.11 Å². The van der Waals surface area contributed by atoms with Gasteiger partial charge in [-0.15, -0.1) is 0 Å². The standard InChI is InChI=1S/C17H14O2/c18-17(19)14-10-13-8-4-5-9-15(13)16(11-14)12-6-2-1-3-7-12/h1-9,11,14H,10H2,(H,18,19).